The molecule has 1 rings (SSSR count). The van der Waals surface area contributed by atoms with Crippen molar-refractivity contribution in [2.75, 3.05) is 0 Å². The van der Waals surface area contributed by atoms with Gasteiger partial charge in [0.1, 0.15) is 8.07 Å². The Labute approximate surface area is 96.7 Å². The van der Waals surface area contributed by atoms with Crippen LogP contribution in [0.3, 0.4) is 0 Å². The second kappa shape index (κ2) is 4.50. The Balaban J connectivity index is 3.08. The molecule has 0 aliphatic heterocycles. The van der Waals surface area contributed by atoms with Crippen LogP contribution in [-0.4, -0.2) is 13.0 Å². The minimum Gasteiger partial charge on any atom is -0.258 e. The Morgan fingerprint density at radius 3 is 2.38 bits per heavy atom. The molecule has 0 radical (unpaired) electrons. The molecule has 0 amide bonds. The summed E-state index contributed by atoms with van der Waals surface area (Å²) in [6.07, 6.45) is 0. The van der Waals surface area contributed by atoms with Crippen LogP contribution in [0.1, 0.15) is 11.1 Å². The summed E-state index contributed by atoms with van der Waals surface area (Å²) < 4.78 is 0. The Kier molecular flexibility index (Phi) is 3.50. The molecule has 0 saturated heterocycles. The maximum atomic E-state index is 10.6. The van der Waals surface area contributed by atoms with Crippen molar-refractivity contribution < 1.29 is 4.92 Å². The summed E-state index contributed by atoms with van der Waals surface area (Å²) in [4.78, 5) is 10.2. The van der Waals surface area contributed by atoms with Crippen molar-refractivity contribution >= 4 is 13.8 Å². The van der Waals surface area contributed by atoms with Crippen LogP contribution in [0.2, 0.25) is 19.6 Å². The molecule has 0 N–H and O–H groups in total. The number of aryl methyl sites for hydroxylation is 1. The molecule has 0 saturated carbocycles. The van der Waals surface area contributed by atoms with Gasteiger partial charge in [-0.1, -0.05) is 25.6 Å². The van der Waals surface area contributed by atoms with Gasteiger partial charge >= 0.3 is 0 Å². The van der Waals surface area contributed by atoms with Gasteiger partial charge in [-0.15, -0.1) is 5.54 Å². The fourth-order valence-corrected chi connectivity index (χ4v) is 1.67. The SMILES string of the molecule is Cc1cc([N+](=O)[O-])ccc1C#C[Si](C)(C)C. The number of hydrogen-bond acceptors (Lipinski definition) is 2. The maximum Gasteiger partial charge on any atom is 0.269 e. The van der Waals surface area contributed by atoms with Gasteiger partial charge in [-0.2, -0.15) is 0 Å². The molecule has 84 valence electrons. The fourth-order valence-electron chi connectivity index (χ4n) is 1.16. The van der Waals surface area contributed by atoms with Crippen LogP contribution in [0.4, 0.5) is 5.69 Å². The van der Waals surface area contributed by atoms with Gasteiger partial charge < -0.3 is 0 Å². The van der Waals surface area contributed by atoms with Crippen LogP contribution in [0, 0.1) is 28.5 Å². The van der Waals surface area contributed by atoms with Crippen molar-refractivity contribution in [3.05, 3.63) is 39.4 Å². The van der Waals surface area contributed by atoms with Crippen molar-refractivity contribution in [1.82, 2.24) is 0 Å². The zero-order chi connectivity index (χ0) is 12.3. The van der Waals surface area contributed by atoms with Crippen LogP contribution in [0.5, 0.6) is 0 Å². The van der Waals surface area contributed by atoms with Crippen molar-refractivity contribution in [3.8, 4) is 11.5 Å². The molecule has 0 aromatic heterocycles. The highest BCUT2D eigenvalue weighted by atomic mass is 28.3. The lowest BCUT2D eigenvalue weighted by molar-refractivity contribution is -0.384. The van der Waals surface area contributed by atoms with E-state index in [4.69, 9.17) is 0 Å². The zero-order valence-corrected chi connectivity index (χ0v) is 11.0. The quantitative estimate of drug-likeness (QED) is 0.324. The van der Waals surface area contributed by atoms with E-state index in [9.17, 15) is 10.1 Å². The van der Waals surface area contributed by atoms with E-state index >= 15 is 0 Å². The zero-order valence-electron chi connectivity index (χ0n) is 10.00. The van der Waals surface area contributed by atoms with Crippen LogP contribution >= 0.6 is 0 Å². The van der Waals surface area contributed by atoms with Gasteiger partial charge in [-0.3, -0.25) is 10.1 Å². The van der Waals surface area contributed by atoms with Gasteiger partial charge in [0.25, 0.3) is 5.69 Å². The number of nitro groups is 1. The molecule has 3 nitrogen and oxygen atoms in total. The van der Waals surface area contributed by atoms with E-state index in [0.29, 0.717) is 0 Å². The van der Waals surface area contributed by atoms with Gasteiger partial charge in [0, 0.05) is 17.7 Å². The van der Waals surface area contributed by atoms with Gasteiger partial charge in [-0.05, 0) is 18.6 Å². The second-order valence-electron chi connectivity index (χ2n) is 4.76. The number of nitro benzene ring substituents is 1. The summed E-state index contributed by atoms with van der Waals surface area (Å²) in [5.41, 5.74) is 5.11. The highest BCUT2D eigenvalue weighted by Gasteiger charge is 2.09. The predicted octanol–water partition coefficient (Wildman–Crippen LogP) is 3.13. The highest BCUT2D eigenvalue weighted by molar-refractivity contribution is 6.83. The minimum atomic E-state index is -1.39. The molecule has 0 spiro atoms. The van der Waals surface area contributed by atoms with Gasteiger partial charge in [0.15, 0.2) is 0 Å². The summed E-state index contributed by atoms with van der Waals surface area (Å²) >= 11 is 0. The average molecular weight is 233 g/mol. The maximum absolute atomic E-state index is 10.6. The summed E-state index contributed by atoms with van der Waals surface area (Å²) in [5, 5.41) is 10.6. The lowest BCUT2D eigenvalue weighted by Crippen LogP contribution is -2.16. The van der Waals surface area contributed by atoms with E-state index in [2.05, 4.69) is 31.1 Å². The largest absolute Gasteiger partial charge is 0.269 e. The normalized spacial score (nSPS) is 10.5. The first-order valence-corrected chi connectivity index (χ1v) is 8.58. The lowest BCUT2D eigenvalue weighted by Gasteiger charge is -2.04. The lowest BCUT2D eigenvalue weighted by atomic mass is 10.1. The number of benzene rings is 1. The first kappa shape index (κ1) is 12.5. The van der Waals surface area contributed by atoms with Crippen LogP contribution in [-0.2, 0) is 0 Å². The Morgan fingerprint density at radius 2 is 1.94 bits per heavy atom. The predicted molar refractivity (Wildman–Crippen MR) is 68.1 cm³/mol. The van der Waals surface area contributed by atoms with Gasteiger partial charge in [-0.25, -0.2) is 0 Å². The topological polar surface area (TPSA) is 43.1 Å². The minimum absolute atomic E-state index is 0.121. The second-order valence-corrected chi connectivity index (χ2v) is 9.51. The molecule has 1 aromatic rings. The number of nitrogens with zero attached hydrogens (tertiary/aromatic N) is 1. The van der Waals surface area contributed by atoms with Crippen molar-refractivity contribution in [3.63, 3.8) is 0 Å². The highest BCUT2D eigenvalue weighted by Crippen LogP contribution is 2.16. The first-order chi connectivity index (χ1) is 7.29. The molecule has 16 heavy (non-hydrogen) atoms. The molecular weight excluding hydrogens is 218 g/mol. The standard InChI is InChI=1S/C12H15NO2Si/c1-10-9-12(13(14)15)6-5-11(10)7-8-16(2,3)4/h5-6,9H,1-4H3. The van der Waals surface area contributed by atoms with Crippen LogP contribution in [0.15, 0.2) is 18.2 Å². The molecule has 0 heterocycles. The number of rotatable bonds is 1. The average Bonchev–Trinajstić information content (AvgIpc) is 2.14. The number of hydrogen-bond donors (Lipinski definition) is 0. The molecule has 0 fully saturated rings. The summed E-state index contributed by atoms with van der Waals surface area (Å²) in [6, 6.07) is 4.79. The van der Waals surface area contributed by atoms with Crippen LogP contribution < -0.4 is 0 Å². The van der Waals surface area contributed by atoms with Gasteiger partial charge in [0.2, 0.25) is 0 Å². The van der Waals surface area contributed by atoms with Gasteiger partial charge in [0.05, 0.1) is 4.92 Å². The third-order valence-corrected chi connectivity index (χ3v) is 2.87. The molecule has 0 unspecified atom stereocenters. The van der Waals surface area contributed by atoms with E-state index in [0.717, 1.165) is 11.1 Å². The third-order valence-electron chi connectivity index (χ3n) is 1.99. The van der Waals surface area contributed by atoms with Crippen LogP contribution in [0.25, 0.3) is 0 Å². The molecule has 0 aliphatic carbocycles. The van der Waals surface area contributed by atoms with Crippen molar-refractivity contribution in [2.45, 2.75) is 26.6 Å². The molecule has 4 heteroatoms. The molecule has 0 bridgehead atoms. The first-order valence-electron chi connectivity index (χ1n) is 5.08. The Morgan fingerprint density at radius 1 is 1.31 bits per heavy atom. The summed E-state index contributed by atoms with van der Waals surface area (Å²) in [5.74, 6) is 3.11. The van der Waals surface area contributed by atoms with E-state index in [1.807, 2.05) is 6.92 Å². The van der Waals surface area contributed by atoms with E-state index in [1.54, 1.807) is 12.1 Å². The smallest absolute Gasteiger partial charge is 0.258 e. The molecular formula is C12H15NO2Si. The van der Waals surface area contributed by atoms with E-state index < -0.39 is 8.07 Å². The Hall–Kier alpha value is -1.60. The van der Waals surface area contributed by atoms with E-state index in [-0.39, 0.29) is 10.6 Å². The summed E-state index contributed by atoms with van der Waals surface area (Å²) in [7, 11) is -1.39. The monoisotopic (exact) mass is 233 g/mol. The summed E-state index contributed by atoms with van der Waals surface area (Å²) in [6.45, 7) is 8.35. The van der Waals surface area contributed by atoms with Crippen molar-refractivity contribution in [1.29, 1.82) is 0 Å². The fraction of sp³-hybridized carbons (Fsp3) is 0.333. The molecule has 1 aromatic carbocycles. The molecule has 0 atom stereocenters. The molecule has 0 aliphatic rings. The number of non-ortho nitro benzene ring substituents is 1. The third kappa shape index (κ3) is 3.52. The Bertz CT molecular complexity index is 478. The van der Waals surface area contributed by atoms with Crippen molar-refractivity contribution in [2.24, 2.45) is 0 Å². The van der Waals surface area contributed by atoms with E-state index in [1.165, 1.54) is 6.07 Å².